The number of fused-ring (bicyclic) bond motifs is 5. The van der Waals surface area contributed by atoms with Gasteiger partial charge in [-0.25, -0.2) is 0 Å². The Morgan fingerprint density at radius 3 is 2.86 bits per heavy atom. The average molecular weight is 285 g/mol. The Bertz CT molecular complexity index is 560. The van der Waals surface area contributed by atoms with Gasteiger partial charge >= 0.3 is 0 Å². The van der Waals surface area contributed by atoms with Crippen LogP contribution in [0.25, 0.3) is 0 Å². The van der Waals surface area contributed by atoms with Crippen molar-refractivity contribution in [2.45, 2.75) is 58.1 Å². The van der Waals surface area contributed by atoms with Crippen molar-refractivity contribution in [1.82, 2.24) is 0 Å². The van der Waals surface area contributed by atoms with Crippen LogP contribution in [0.15, 0.2) is 35.5 Å². The van der Waals surface area contributed by atoms with E-state index in [9.17, 15) is 5.11 Å². The number of rotatable bonds is 0. The molecule has 0 aromatic rings. The van der Waals surface area contributed by atoms with Crippen LogP contribution < -0.4 is 5.73 Å². The summed E-state index contributed by atoms with van der Waals surface area (Å²) in [7, 11) is 0. The van der Waals surface area contributed by atoms with Crippen LogP contribution in [-0.4, -0.2) is 17.3 Å². The minimum Gasteiger partial charge on any atom is -0.393 e. The first-order chi connectivity index (χ1) is 9.95. The monoisotopic (exact) mass is 285 g/mol. The third-order valence-corrected chi connectivity index (χ3v) is 7.04. The fourth-order valence-corrected chi connectivity index (χ4v) is 5.65. The number of aliphatic hydroxyl groups is 1. The van der Waals surface area contributed by atoms with Gasteiger partial charge in [0.1, 0.15) is 0 Å². The zero-order chi connectivity index (χ0) is 14.8. The van der Waals surface area contributed by atoms with Crippen molar-refractivity contribution in [3.05, 3.63) is 35.5 Å². The van der Waals surface area contributed by atoms with Crippen LogP contribution in [0.1, 0.15) is 46.0 Å². The number of allylic oxidation sites excluding steroid dienone is 4. The van der Waals surface area contributed by atoms with E-state index in [1.54, 1.807) is 5.57 Å². The first-order valence-corrected chi connectivity index (χ1v) is 8.50. The molecule has 2 saturated carbocycles. The molecule has 4 aliphatic rings. The topological polar surface area (TPSA) is 46.2 Å². The van der Waals surface area contributed by atoms with Crippen molar-refractivity contribution >= 4 is 0 Å². The van der Waals surface area contributed by atoms with Gasteiger partial charge in [0.05, 0.1) is 6.10 Å². The van der Waals surface area contributed by atoms with E-state index in [1.165, 1.54) is 24.8 Å². The fourth-order valence-electron chi connectivity index (χ4n) is 5.65. The van der Waals surface area contributed by atoms with Gasteiger partial charge in [0.25, 0.3) is 0 Å². The van der Waals surface area contributed by atoms with Crippen molar-refractivity contribution in [3.63, 3.8) is 0 Å². The summed E-state index contributed by atoms with van der Waals surface area (Å²) in [6.45, 7) is 4.68. The molecule has 0 amide bonds. The molecule has 21 heavy (non-hydrogen) atoms. The molecule has 2 unspecified atom stereocenters. The van der Waals surface area contributed by atoms with Gasteiger partial charge in [0.2, 0.25) is 0 Å². The smallest absolute Gasteiger partial charge is 0.0599 e. The Kier molecular flexibility index (Phi) is 2.84. The van der Waals surface area contributed by atoms with Crippen molar-refractivity contribution in [2.75, 3.05) is 0 Å². The highest BCUT2D eigenvalue weighted by Gasteiger charge is 2.54. The second kappa shape index (κ2) is 4.33. The molecule has 4 rings (SSSR count). The summed E-state index contributed by atoms with van der Waals surface area (Å²) in [5.74, 6) is 1.32. The fraction of sp³-hybridized carbons (Fsp3) is 0.684. The van der Waals surface area contributed by atoms with Gasteiger partial charge in [-0.3, -0.25) is 0 Å². The SMILES string of the molecule is C[C@]12C=CC(N)C=C1CC[C@@H]1C2=CC[C@]2(C)C(O)CC[C@@H]12. The molecule has 0 heterocycles. The lowest BCUT2D eigenvalue weighted by Crippen LogP contribution is -2.45. The largest absolute Gasteiger partial charge is 0.393 e. The maximum atomic E-state index is 10.4. The molecule has 0 aromatic carbocycles. The minimum atomic E-state index is -0.111. The second-order valence-electron chi connectivity index (χ2n) is 8.04. The Balaban J connectivity index is 1.77. The molecule has 0 aromatic heterocycles. The highest BCUT2D eigenvalue weighted by molar-refractivity contribution is 5.45. The lowest BCUT2D eigenvalue weighted by molar-refractivity contribution is 0.0154. The van der Waals surface area contributed by atoms with Gasteiger partial charge in [-0.2, -0.15) is 0 Å². The number of hydrogen-bond donors (Lipinski definition) is 2. The van der Waals surface area contributed by atoms with E-state index in [4.69, 9.17) is 5.73 Å². The van der Waals surface area contributed by atoms with Crippen LogP contribution in [0.2, 0.25) is 0 Å². The van der Waals surface area contributed by atoms with E-state index < -0.39 is 0 Å². The van der Waals surface area contributed by atoms with Gasteiger partial charge in [-0.15, -0.1) is 0 Å². The predicted molar refractivity (Wildman–Crippen MR) is 85.6 cm³/mol. The van der Waals surface area contributed by atoms with E-state index in [0.717, 1.165) is 12.8 Å². The average Bonchev–Trinajstić information content (AvgIpc) is 2.76. The molecule has 6 atom stereocenters. The van der Waals surface area contributed by atoms with Crippen LogP contribution in [-0.2, 0) is 0 Å². The molecule has 2 heteroatoms. The highest BCUT2D eigenvalue weighted by Crippen LogP contribution is 2.62. The Morgan fingerprint density at radius 2 is 2.05 bits per heavy atom. The zero-order valence-corrected chi connectivity index (χ0v) is 13.2. The van der Waals surface area contributed by atoms with Gasteiger partial charge in [-0.1, -0.05) is 42.4 Å². The normalized spacial score (nSPS) is 51.6. The van der Waals surface area contributed by atoms with Crippen molar-refractivity contribution < 1.29 is 5.11 Å². The number of hydrogen-bond acceptors (Lipinski definition) is 2. The molecule has 0 aliphatic heterocycles. The molecule has 2 fully saturated rings. The van der Waals surface area contributed by atoms with Crippen molar-refractivity contribution in [1.29, 1.82) is 0 Å². The lowest BCUT2D eigenvalue weighted by Gasteiger charge is -2.52. The molecule has 2 nitrogen and oxygen atoms in total. The standard InChI is InChI=1S/C19H27NO/c1-18-9-7-13(20)11-12(18)3-4-14-15-5-6-17(21)19(15,2)10-8-16(14)18/h7-9,11,13-15,17,21H,3-6,10,20H2,1-2H3/t13?,14-,15-,17?,18-,19-/m0/s1. The van der Waals surface area contributed by atoms with Crippen LogP contribution in [0, 0.1) is 22.7 Å². The molecule has 3 N–H and O–H groups in total. The van der Waals surface area contributed by atoms with Crippen molar-refractivity contribution in [3.8, 4) is 0 Å². The van der Waals surface area contributed by atoms with E-state index in [2.05, 4.69) is 38.2 Å². The van der Waals surface area contributed by atoms with Crippen LogP contribution >= 0.6 is 0 Å². The summed E-state index contributed by atoms with van der Waals surface area (Å²) in [4.78, 5) is 0. The molecule has 0 spiro atoms. The maximum absolute atomic E-state index is 10.4. The van der Waals surface area contributed by atoms with Crippen molar-refractivity contribution in [2.24, 2.45) is 28.4 Å². The van der Waals surface area contributed by atoms with Gasteiger partial charge in [-0.05, 0) is 50.9 Å². The molecular formula is C19H27NO. The third-order valence-electron chi connectivity index (χ3n) is 7.04. The van der Waals surface area contributed by atoms with Crippen LogP contribution in [0.3, 0.4) is 0 Å². The zero-order valence-electron chi connectivity index (χ0n) is 13.2. The van der Waals surface area contributed by atoms with Crippen LogP contribution in [0.4, 0.5) is 0 Å². The molecule has 114 valence electrons. The number of aliphatic hydroxyl groups excluding tert-OH is 1. The predicted octanol–water partition coefficient (Wildman–Crippen LogP) is 3.33. The van der Waals surface area contributed by atoms with E-state index in [-0.39, 0.29) is 23.0 Å². The van der Waals surface area contributed by atoms with Gasteiger partial charge in [0, 0.05) is 16.9 Å². The minimum absolute atomic E-state index is 0.0902. The van der Waals surface area contributed by atoms with E-state index in [0.29, 0.717) is 11.8 Å². The summed E-state index contributed by atoms with van der Waals surface area (Å²) in [5, 5.41) is 10.4. The first kappa shape index (κ1) is 13.8. The summed E-state index contributed by atoms with van der Waals surface area (Å²) in [6, 6.07) is 0.0902. The Labute approximate surface area is 127 Å². The summed E-state index contributed by atoms with van der Waals surface area (Å²) >= 11 is 0. The number of nitrogens with two attached hydrogens (primary N) is 1. The lowest BCUT2D eigenvalue weighted by atomic mass is 9.53. The van der Waals surface area contributed by atoms with Crippen LogP contribution in [0.5, 0.6) is 0 Å². The second-order valence-corrected chi connectivity index (χ2v) is 8.04. The molecule has 0 saturated heterocycles. The third kappa shape index (κ3) is 1.72. The quantitative estimate of drug-likeness (QED) is 0.671. The molecule has 4 aliphatic carbocycles. The summed E-state index contributed by atoms with van der Waals surface area (Å²) in [5.41, 5.74) is 9.41. The van der Waals surface area contributed by atoms with E-state index >= 15 is 0 Å². The molecule has 0 radical (unpaired) electrons. The highest BCUT2D eigenvalue weighted by atomic mass is 16.3. The Hall–Kier alpha value is -0.860. The van der Waals surface area contributed by atoms with E-state index in [1.807, 2.05) is 0 Å². The van der Waals surface area contributed by atoms with Gasteiger partial charge < -0.3 is 10.8 Å². The first-order valence-electron chi connectivity index (χ1n) is 8.50. The maximum Gasteiger partial charge on any atom is 0.0599 e. The molecule has 0 bridgehead atoms. The van der Waals surface area contributed by atoms with Gasteiger partial charge in [0.15, 0.2) is 0 Å². The summed E-state index contributed by atoms with van der Waals surface area (Å²) < 4.78 is 0. The molecular weight excluding hydrogens is 258 g/mol. The summed E-state index contributed by atoms with van der Waals surface area (Å²) in [6.07, 6.45) is 14.7. The Morgan fingerprint density at radius 1 is 1.24 bits per heavy atom.